The van der Waals surface area contributed by atoms with Gasteiger partial charge < -0.3 is 5.32 Å². The molecule has 0 aliphatic carbocycles. The number of anilines is 1. The van der Waals surface area contributed by atoms with Crippen LogP contribution in [0.2, 0.25) is 5.28 Å². The Balaban J connectivity index is 2.93. The lowest BCUT2D eigenvalue weighted by Gasteiger charge is -2.08. The van der Waals surface area contributed by atoms with Crippen molar-refractivity contribution in [3.8, 4) is 6.07 Å². The monoisotopic (exact) mass is 225 g/mol. The van der Waals surface area contributed by atoms with Crippen LogP contribution in [0.3, 0.4) is 0 Å². The summed E-state index contributed by atoms with van der Waals surface area (Å²) in [5, 5.41) is 11.7. The molecule has 80 valence electrons. The summed E-state index contributed by atoms with van der Waals surface area (Å²) in [5.41, 5.74) is 0. The van der Waals surface area contributed by atoms with Gasteiger partial charge in [-0.2, -0.15) is 15.2 Å². The van der Waals surface area contributed by atoms with Gasteiger partial charge in [0, 0.05) is 18.9 Å². The molecule has 1 heterocycles. The van der Waals surface area contributed by atoms with Crippen LogP contribution >= 0.6 is 11.6 Å². The highest BCUT2D eigenvalue weighted by atomic mass is 35.5. The van der Waals surface area contributed by atoms with Gasteiger partial charge in [-0.15, -0.1) is 0 Å². The van der Waals surface area contributed by atoms with Gasteiger partial charge in [0.2, 0.25) is 11.2 Å². The highest BCUT2D eigenvalue weighted by Crippen LogP contribution is 2.16. The molecular weight excluding hydrogens is 214 g/mol. The molecule has 0 aliphatic heterocycles. The smallest absolute Gasteiger partial charge is 0.227 e. The Hall–Kier alpha value is -1.41. The molecule has 1 N–H and O–H groups in total. The second-order valence-electron chi connectivity index (χ2n) is 3.08. The van der Waals surface area contributed by atoms with Crippen LogP contribution in [0, 0.1) is 11.3 Å². The zero-order valence-electron chi connectivity index (χ0n) is 8.66. The normalized spacial score (nSPS) is 11.9. The molecule has 0 radical (unpaired) electrons. The van der Waals surface area contributed by atoms with Crippen molar-refractivity contribution in [1.29, 1.82) is 5.26 Å². The van der Waals surface area contributed by atoms with Crippen molar-refractivity contribution < 1.29 is 0 Å². The molecule has 5 nitrogen and oxygen atoms in total. The van der Waals surface area contributed by atoms with Crippen LogP contribution in [-0.2, 0) is 0 Å². The minimum Gasteiger partial charge on any atom is -0.354 e. The number of nitriles is 1. The summed E-state index contributed by atoms with van der Waals surface area (Å²) in [6, 6.07) is 2.07. The Morgan fingerprint density at radius 3 is 2.80 bits per heavy atom. The Labute approximate surface area is 93.5 Å². The lowest BCUT2D eigenvalue weighted by Crippen LogP contribution is -2.08. The quantitative estimate of drug-likeness (QED) is 0.848. The van der Waals surface area contributed by atoms with E-state index in [1.54, 1.807) is 0 Å². The summed E-state index contributed by atoms with van der Waals surface area (Å²) >= 11 is 5.74. The third-order valence-corrected chi connectivity index (χ3v) is 1.97. The molecule has 0 aromatic carbocycles. The molecule has 0 bridgehead atoms. The molecule has 0 fully saturated rings. The topological polar surface area (TPSA) is 74.5 Å². The minimum atomic E-state index is -0.0343. The van der Waals surface area contributed by atoms with E-state index in [1.165, 1.54) is 0 Å². The van der Waals surface area contributed by atoms with Crippen molar-refractivity contribution >= 4 is 17.5 Å². The Bertz CT molecular complexity index is 373. The van der Waals surface area contributed by atoms with E-state index in [0.717, 1.165) is 0 Å². The number of aromatic nitrogens is 3. The molecule has 0 saturated heterocycles. The van der Waals surface area contributed by atoms with Crippen LogP contribution in [0.25, 0.3) is 0 Å². The molecule has 6 heteroatoms. The maximum absolute atomic E-state index is 8.57. The van der Waals surface area contributed by atoms with Crippen LogP contribution in [0.4, 0.5) is 5.95 Å². The van der Waals surface area contributed by atoms with Crippen molar-refractivity contribution in [3.63, 3.8) is 0 Å². The first-order chi connectivity index (χ1) is 7.17. The summed E-state index contributed by atoms with van der Waals surface area (Å²) in [7, 11) is 0. The number of rotatable bonds is 4. The lowest BCUT2D eigenvalue weighted by molar-refractivity contribution is 0.711. The van der Waals surface area contributed by atoms with Crippen LogP contribution in [0.1, 0.15) is 32.0 Å². The largest absolute Gasteiger partial charge is 0.354 e. The van der Waals surface area contributed by atoms with Crippen LogP contribution in [0.15, 0.2) is 0 Å². The summed E-state index contributed by atoms with van der Waals surface area (Å²) in [5.74, 6) is 0.970. The van der Waals surface area contributed by atoms with Crippen molar-refractivity contribution in [3.05, 3.63) is 11.1 Å². The average molecular weight is 226 g/mol. The molecular formula is C9H12ClN5. The first kappa shape index (κ1) is 11.7. The van der Waals surface area contributed by atoms with Gasteiger partial charge >= 0.3 is 0 Å². The lowest BCUT2D eigenvalue weighted by atomic mass is 10.1. The van der Waals surface area contributed by atoms with Gasteiger partial charge in [-0.3, -0.25) is 0 Å². The highest BCUT2D eigenvalue weighted by molar-refractivity contribution is 6.28. The molecule has 1 atom stereocenters. The number of nitrogens with zero attached hydrogens (tertiary/aromatic N) is 4. The Morgan fingerprint density at radius 1 is 1.47 bits per heavy atom. The molecule has 1 unspecified atom stereocenters. The maximum Gasteiger partial charge on any atom is 0.227 e. The van der Waals surface area contributed by atoms with Gasteiger partial charge in [-0.05, 0) is 18.5 Å². The molecule has 15 heavy (non-hydrogen) atoms. The third kappa shape index (κ3) is 3.33. The number of halogens is 1. The minimum absolute atomic E-state index is 0.0343. The van der Waals surface area contributed by atoms with Crippen LogP contribution in [-0.4, -0.2) is 21.5 Å². The maximum atomic E-state index is 8.57. The third-order valence-electron chi connectivity index (χ3n) is 1.80. The van der Waals surface area contributed by atoms with Crippen LogP contribution < -0.4 is 5.32 Å². The van der Waals surface area contributed by atoms with Crippen molar-refractivity contribution in [2.24, 2.45) is 0 Å². The van der Waals surface area contributed by atoms with Gasteiger partial charge in [-0.25, -0.2) is 4.98 Å². The van der Waals surface area contributed by atoms with E-state index in [0.29, 0.717) is 24.7 Å². The van der Waals surface area contributed by atoms with E-state index < -0.39 is 0 Å². The molecule has 0 spiro atoms. The summed E-state index contributed by atoms with van der Waals surface area (Å²) in [6.45, 7) is 4.53. The number of hydrogen-bond acceptors (Lipinski definition) is 5. The van der Waals surface area contributed by atoms with Crippen molar-refractivity contribution in [1.82, 2.24) is 15.0 Å². The van der Waals surface area contributed by atoms with E-state index in [-0.39, 0.29) is 11.2 Å². The predicted molar refractivity (Wildman–Crippen MR) is 57.6 cm³/mol. The predicted octanol–water partition coefficient (Wildman–Crippen LogP) is 1.97. The molecule has 0 saturated carbocycles. The molecule has 0 aliphatic rings. The van der Waals surface area contributed by atoms with E-state index >= 15 is 0 Å². The summed E-state index contributed by atoms with van der Waals surface area (Å²) in [6.07, 6.45) is 0.367. The highest BCUT2D eigenvalue weighted by Gasteiger charge is 2.11. The second kappa shape index (κ2) is 5.47. The Kier molecular flexibility index (Phi) is 4.25. The SMILES string of the molecule is CCNc1nc(Cl)nc(C(C)CC#N)n1. The standard InChI is InChI=1S/C9H12ClN5/c1-3-12-9-14-7(6(2)4-5-11)13-8(10)15-9/h6H,3-4H2,1-2H3,(H,12,13,14,15). The van der Waals surface area contributed by atoms with Crippen molar-refractivity contribution in [2.45, 2.75) is 26.2 Å². The number of hydrogen-bond donors (Lipinski definition) is 1. The Morgan fingerprint density at radius 2 is 2.20 bits per heavy atom. The molecule has 1 aromatic heterocycles. The molecule has 1 aromatic rings. The van der Waals surface area contributed by atoms with Crippen molar-refractivity contribution in [2.75, 3.05) is 11.9 Å². The van der Waals surface area contributed by atoms with E-state index in [9.17, 15) is 0 Å². The van der Waals surface area contributed by atoms with Crippen LogP contribution in [0.5, 0.6) is 0 Å². The molecule has 1 rings (SSSR count). The molecule has 0 amide bonds. The van der Waals surface area contributed by atoms with Gasteiger partial charge in [0.15, 0.2) is 0 Å². The number of nitrogens with one attached hydrogen (secondary N) is 1. The van der Waals surface area contributed by atoms with Gasteiger partial charge in [-0.1, -0.05) is 6.92 Å². The fourth-order valence-corrected chi connectivity index (χ4v) is 1.22. The van der Waals surface area contributed by atoms with Gasteiger partial charge in [0.05, 0.1) is 6.07 Å². The van der Waals surface area contributed by atoms with Gasteiger partial charge in [0.25, 0.3) is 0 Å². The first-order valence-electron chi connectivity index (χ1n) is 4.69. The van der Waals surface area contributed by atoms with E-state index in [4.69, 9.17) is 16.9 Å². The first-order valence-corrected chi connectivity index (χ1v) is 5.07. The van der Waals surface area contributed by atoms with E-state index in [1.807, 2.05) is 13.8 Å². The van der Waals surface area contributed by atoms with E-state index in [2.05, 4.69) is 26.3 Å². The zero-order chi connectivity index (χ0) is 11.3. The summed E-state index contributed by atoms with van der Waals surface area (Å²) in [4.78, 5) is 12.1. The second-order valence-corrected chi connectivity index (χ2v) is 3.42. The summed E-state index contributed by atoms with van der Waals surface area (Å²) < 4.78 is 0. The average Bonchev–Trinajstić information content (AvgIpc) is 2.17. The van der Waals surface area contributed by atoms with Gasteiger partial charge in [0.1, 0.15) is 5.82 Å². The zero-order valence-corrected chi connectivity index (χ0v) is 9.41. The fourth-order valence-electron chi connectivity index (χ4n) is 1.05. The fraction of sp³-hybridized carbons (Fsp3) is 0.556.